The van der Waals surface area contributed by atoms with Gasteiger partial charge in [-0.2, -0.15) is 0 Å². The zero-order valence-electron chi connectivity index (χ0n) is 16.1. The van der Waals surface area contributed by atoms with Crippen LogP contribution in [-0.4, -0.2) is 52.8 Å². The van der Waals surface area contributed by atoms with E-state index in [1.165, 1.54) is 7.11 Å². The van der Waals surface area contributed by atoms with Crippen molar-refractivity contribution in [2.24, 2.45) is 0 Å². The first kappa shape index (κ1) is 20.7. The molecule has 1 amide bonds. The number of methoxy groups -OCH3 is 1. The predicted molar refractivity (Wildman–Crippen MR) is 108 cm³/mol. The fourth-order valence-corrected chi connectivity index (χ4v) is 3.96. The number of carbonyl (C=O) groups is 1. The van der Waals surface area contributed by atoms with E-state index >= 15 is 0 Å². The molecule has 7 heteroatoms. The summed E-state index contributed by atoms with van der Waals surface area (Å²) in [7, 11) is 1.48. The minimum atomic E-state index is -1.05. The number of pyridine rings is 1. The molecule has 2 heterocycles. The minimum Gasteiger partial charge on any atom is -0.388 e. The van der Waals surface area contributed by atoms with E-state index in [1.807, 2.05) is 36.4 Å². The predicted octanol–water partition coefficient (Wildman–Crippen LogP) is 2.56. The van der Waals surface area contributed by atoms with Crippen molar-refractivity contribution in [3.8, 4) is 0 Å². The van der Waals surface area contributed by atoms with Crippen molar-refractivity contribution in [1.82, 2.24) is 15.2 Å². The summed E-state index contributed by atoms with van der Waals surface area (Å²) in [5, 5.41) is 14.7. The Labute approximate surface area is 170 Å². The number of piperidine rings is 1. The second-order valence-corrected chi connectivity index (χ2v) is 7.79. The summed E-state index contributed by atoms with van der Waals surface area (Å²) in [6.45, 7) is 2.98. The molecular weight excluding hydrogens is 378 g/mol. The van der Waals surface area contributed by atoms with E-state index in [0.717, 1.165) is 11.1 Å². The maximum absolute atomic E-state index is 12.3. The van der Waals surface area contributed by atoms with Gasteiger partial charge in [-0.1, -0.05) is 41.9 Å². The molecule has 0 radical (unpaired) electrons. The third-order valence-electron chi connectivity index (χ3n) is 5.25. The molecule has 0 aliphatic carbocycles. The number of aliphatic hydroxyl groups is 1. The van der Waals surface area contributed by atoms with Crippen LogP contribution in [0.4, 0.5) is 0 Å². The van der Waals surface area contributed by atoms with Crippen LogP contribution < -0.4 is 5.32 Å². The summed E-state index contributed by atoms with van der Waals surface area (Å²) < 4.78 is 4.96. The number of hydrogen-bond donors (Lipinski definition) is 2. The summed E-state index contributed by atoms with van der Waals surface area (Å²) >= 11 is 6.33. The number of amides is 1. The third-order valence-corrected chi connectivity index (χ3v) is 5.59. The van der Waals surface area contributed by atoms with Crippen LogP contribution in [-0.2, 0) is 16.1 Å². The zero-order chi connectivity index (χ0) is 20.1. The Hall–Kier alpha value is -1.99. The summed E-state index contributed by atoms with van der Waals surface area (Å²) in [5.74, 6) is -0.252. The second kappa shape index (κ2) is 9.01. The SMILES string of the molecule is COCC(=O)N[C@H]1[C@H](c2ccccc2)N(Cc2ccncc2Cl)CC[C@@]1(C)O. The lowest BCUT2D eigenvalue weighted by Gasteiger charge is -2.49. The van der Waals surface area contributed by atoms with Crippen LogP contribution in [0.5, 0.6) is 0 Å². The van der Waals surface area contributed by atoms with E-state index in [1.54, 1.807) is 19.3 Å². The van der Waals surface area contributed by atoms with Crippen LogP contribution in [0.15, 0.2) is 48.8 Å². The molecule has 1 aliphatic rings. The Morgan fingerprint density at radius 1 is 1.39 bits per heavy atom. The van der Waals surface area contributed by atoms with Gasteiger partial charge in [-0.25, -0.2) is 0 Å². The molecule has 1 aromatic carbocycles. The molecule has 3 atom stereocenters. The van der Waals surface area contributed by atoms with E-state index in [0.29, 0.717) is 24.5 Å². The number of aromatic nitrogens is 1. The minimum absolute atomic E-state index is 0.0513. The largest absolute Gasteiger partial charge is 0.388 e. The first-order valence-corrected chi connectivity index (χ1v) is 9.68. The van der Waals surface area contributed by atoms with Gasteiger partial charge in [0.2, 0.25) is 5.91 Å². The number of nitrogens with zero attached hydrogens (tertiary/aromatic N) is 2. The number of nitrogens with one attached hydrogen (secondary N) is 1. The molecule has 6 nitrogen and oxygen atoms in total. The maximum atomic E-state index is 12.3. The van der Waals surface area contributed by atoms with E-state index in [2.05, 4.69) is 15.2 Å². The average Bonchev–Trinajstić information content (AvgIpc) is 2.67. The van der Waals surface area contributed by atoms with E-state index in [4.69, 9.17) is 16.3 Å². The lowest BCUT2D eigenvalue weighted by Crippen LogP contribution is -2.62. The van der Waals surface area contributed by atoms with Crippen LogP contribution in [0.1, 0.15) is 30.5 Å². The van der Waals surface area contributed by atoms with Gasteiger partial charge < -0.3 is 15.2 Å². The molecular formula is C21H26ClN3O3. The number of carbonyl (C=O) groups excluding carboxylic acids is 1. The molecule has 28 heavy (non-hydrogen) atoms. The topological polar surface area (TPSA) is 74.7 Å². The zero-order valence-corrected chi connectivity index (χ0v) is 16.9. The van der Waals surface area contributed by atoms with E-state index < -0.39 is 11.6 Å². The Morgan fingerprint density at radius 3 is 2.82 bits per heavy atom. The average molecular weight is 404 g/mol. The smallest absolute Gasteiger partial charge is 0.246 e. The van der Waals surface area contributed by atoms with Gasteiger partial charge in [-0.3, -0.25) is 14.7 Å². The Kier molecular flexibility index (Phi) is 6.67. The highest BCUT2D eigenvalue weighted by molar-refractivity contribution is 6.31. The van der Waals surface area contributed by atoms with Gasteiger partial charge in [0.15, 0.2) is 0 Å². The second-order valence-electron chi connectivity index (χ2n) is 7.38. The molecule has 1 aliphatic heterocycles. The van der Waals surface area contributed by atoms with Crippen molar-refractivity contribution in [2.45, 2.75) is 37.6 Å². The fourth-order valence-electron chi connectivity index (χ4n) is 3.78. The lowest BCUT2D eigenvalue weighted by atomic mass is 9.79. The molecule has 3 rings (SSSR count). The summed E-state index contributed by atoms with van der Waals surface area (Å²) in [4.78, 5) is 18.6. The third kappa shape index (κ3) is 4.70. The summed E-state index contributed by atoms with van der Waals surface area (Å²) in [5.41, 5.74) is 0.930. The maximum Gasteiger partial charge on any atom is 0.246 e. The lowest BCUT2D eigenvalue weighted by molar-refractivity contribution is -0.132. The van der Waals surface area contributed by atoms with Crippen LogP contribution in [0.2, 0.25) is 5.02 Å². The van der Waals surface area contributed by atoms with Crippen LogP contribution in [0, 0.1) is 0 Å². The molecule has 0 saturated carbocycles. The van der Waals surface area contributed by atoms with E-state index in [-0.39, 0.29) is 18.6 Å². The molecule has 2 N–H and O–H groups in total. The molecule has 150 valence electrons. The normalized spacial score (nSPS) is 25.4. The van der Waals surface area contributed by atoms with Gasteiger partial charge >= 0.3 is 0 Å². The Balaban J connectivity index is 1.96. The standard InChI is InChI=1S/C21H26ClN3O3/c1-21(27)9-11-25(13-16-8-10-23-12-17(16)22)19(15-6-4-3-5-7-15)20(21)24-18(26)14-28-2/h3-8,10,12,19-20,27H,9,11,13-14H2,1-2H3,(H,24,26)/t19-,20-,21+/m0/s1. The van der Waals surface area contributed by atoms with Crippen molar-refractivity contribution in [1.29, 1.82) is 0 Å². The fraction of sp³-hybridized carbons (Fsp3) is 0.429. The number of halogens is 1. The highest BCUT2D eigenvalue weighted by Crippen LogP contribution is 2.38. The van der Waals surface area contributed by atoms with Crippen LogP contribution in [0.3, 0.4) is 0 Å². The summed E-state index contributed by atoms with van der Waals surface area (Å²) in [6.07, 6.45) is 3.88. The Morgan fingerprint density at radius 2 is 2.14 bits per heavy atom. The monoisotopic (exact) mass is 403 g/mol. The van der Waals surface area contributed by atoms with Crippen molar-refractivity contribution in [3.05, 3.63) is 64.9 Å². The van der Waals surface area contributed by atoms with Gasteiger partial charge in [0.1, 0.15) is 6.61 Å². The molecule has 1 aromatic heterocycles. The molecule has 1 saturated heterocycles. The number of rotatable bonds is 6. The van der Waals surface area contributed by atoms with Gasteiger partial charge in [-0.05, 0) is 30.5 Å². The molecule has 2 aromatic rings. The number of ether oxygens (including phenoxy) is 1. The number of hydrogen-bond acceptors (Lipinski definition) is 5. The highest BCUT2D eigenvalue weighted by atomic mass is 35.5. The van der Waals surface area contributed by atoms with Gasteiger partial charge in [0, 0.05) is 32.6 Å². The Bertz CT molecular complexity index is 800. The van der Waals surface area contributed by atoms with Crippen molar-refractivity contribution in [2.75, 3.05) is 20.3 Å². The molecule has 0 unspecified atom stereocenters. The van der Waals surface area contributed by atoms with Crippen molar-refractivity contribution >= 4 is 17.5 Å². The molecule has 0 bridgehead atoms. The number of likely N-dealkylation sites (tertiary alicyclic amines) is 1. The van der Waals surface area contributed by atoms with Gasteiger partial charge in [0.05, 0.1) is 22.7 Å². The van der Waals surface area contributed by atoms with Crippen LogP contribution >= 0.6 is 11.6 Å². The highest BCUT2D eigenvalue weighted by Gasteiger charge is 2.46. The van der Waals surface area contributed by atoms with Crippen molar-refractivity contribution < 1.29 is 14.6 Å². The summed E-state index contributed by atoms with van der Waals surface area (Å²) in [6, 6.07) is 11.1. The number of benzene rings is 1. The first-order valence-electron chi connectivity index (χ1n) is 9.30. The molecule has 0 spiro atoms. The van der Waals surface area contributed by atoms with E-state index in [9.17, 15) is 9.90 Å². The van der Waals surface area contributed by atoms with Crippen LogP contribution in [0.25, 0.3) is 0 Å². The quantitative estimate of drug-likeness (QED) is 0.775. The van der Waals surface area contributed by atoms with Gasteiger partial charge in [0.25, 0.3) is 0 Å². The van der Waals surface area contributed by atoms with Crippen molar-refractivity contribution in [3.63, 3.8) is 0 Å². The molecule has 1 fully saturated rings. The van der Waals surface area contributed by atoms with Gasteiger partial charge in [-0.15, -0.1) is 0 Å². The first-order chi connectivity index (χ1) is 13.4.